The van der Waals surface area contributed by atoms with Crippen LogP contribution in [0.4, 0.5) is 0 Å². The van der Waals surface area contributed by atoms with Gasteiger partial charge in [0, 0.05) is 5.92 Å². The topological polar surface area (TPSA) is 29.5 Å². The molecule has 0 saturated heterocycles. The van der Waals surface area contributed by atoms with Crippen molar-refractivity contribution in [3.63, 3.8) is 0 Å². The summed E-state index contributed by atoms with van der Waals surface area (Å²) >= 11 is 0. The van der Waals surface area contributed by atoms with E-state index in [1.807, 2.05) is 6.07 Å². The SMILES string of the molecule is CCC(c1cccc(C)c1C)C(OO)c1cccc(C)c1C. The van der Waals surface area contributed by atoms with Gasteiger partial charge in [-0.2, -0.15) is 0 Å². The average Bonchev–Trinajstić information content (AvgIpc) is 2.51. The van der Waals surface area contributed by atoms with Crippen molar-refractivity contribution in [2.75, 3.05) is 0 Å². The summed E-state index contributed by atoms with van der Waals surface area (Å²) in [5.74, 6) is 0.130. The molecule has 2 nitrogen and oxygen atoms in total. The molecule has 2 unspecified atom stereocenters. The molecule has 0 aliphatic rings. The molecule has 2 heteroatoms. The van der Waals surface area contributed by atoms with Gasteiger partial charge in [-0.15, -0.1) is 0 Å². The third-order valence-electron chi connectivity index (χ3n) is 4.92. The number of rotatable bonds is 5. The molecule has 0 spiro atoms. The lowest BCUT2D eigenvalue weighted by Gasteiger charge is -2.27. The molecule has 2 aromatic carbocycles. The summed E-state index contributed by atoms with van der Waals surface area (Å²) in [5.41, 5.74) is 7.27. The Morgan fingerprint density at radius 2 is 1.36 bits per heavy atom. The fraction of sp³-hybridized carbons (Fsp3) is 0.400. The van der Waals surface area contributed by atoms with Gasteiger partial charge in [0.25, 0.3) is 0 Å². The fourth-order valence-electron chi connectivity index (χ4n) is 3.20. The first-order chi connectivity index (χ1) is 10.5. The molecule has 2 atom stereocenters. The van der Waals surface area contributed by atoms with E-state index in [0.29, 0.717) is 0 Å². The van der Waals surface area contributed by atoms with Crippen molar-refractivity contribution in [3.05, 3.63) is 69.8 Å². The second-order valence-electron chi connectivity index (χ2n) is 6.12. The van der Waals surface area contributed by atoms with Crippen LogP contribution in [0.15, 0.2) is 36.4 Å². The Morgan fingerprint density at radius 3 is 1.86 bits per heavy atom. The second-order valence-corrected chi connectivity index (χ2v) is 6.12. The highest BCUT2D eigenvalue weighted by molar-refractivity contribution is 5.40. The van der Waals surface area contributed by atoms with Crippen LogP contribution in [-0.4, -0.2) is 5.26 Å². The second kappa shape index (κ2) is 7.08. The summed E-state index contributed by atoms with van der Waals surface area (Å²) in [6, 6.07) is 12.5. The Hall–Kier alpha value is -1.64. The zero-order chi connectivity index (χ0) is 16.3. The Labute approximate surface area is 133 Å². The van der Waals surface area contributed by atoms with Crippen LogP contribution in [0.3, 0.4) is 0 Å². The largest absolute Gasteiger partial charge is 0.251 e. The summed E-state index contributed by atoms with van der Waals surface area (Å²) in [6.45, 7) is 10.6. The standard InChI is InChI=1S/C20H26O2/c1-6-17(18-11-7-9-13(2)15(18)4)20(22-21)19-12-8-10-14(3)16(19)5/h7-12,17,20-21H,6H2,1-5H3. The molecule has 0 fully saturated rings. The molecule has 0 aliphatic heterocycles. The maximum Gasteiger partial charge on any atom is 0.125 e. The van der Waals surface area contributed by atoms with Crippen molar-refractivity contribution in [3.8, 4) is 0 Å². The first-order valence-electron chi connectivity index (χ1n) is 7.93. The number of hydrogen-bond donors (Lipinski definition) is 1. The summed E-state index contributed by atoms with van der Waals surface area (Å²) in [7, 11) is 0. The van der Waals surface area contributed by atoms with Gasteiger partial charge >= 0.3 is 0 Å². The molecule has 0 aliphatic carbocycles. The van der Waals surface area contributed by atoms with Crippen molar-refractivity contribution in [2.45, 2.75) is 53.1 Å². The molecule has 0 amide bonds. The highest BCUT2D eigenvalue weighted by atomic mass is 17.1. The molecule has 0 aromatic heterocycles. The molecular weight excluding hydrogens is 272 g/mol. The van der Waals surface area contributed by atoms with Gasteiger partial charge in [0.1, 0.15) is 6.10 Å². The Kier molecular flexibility index (Phi) is 5.38. The van der Waals surface area contributed by atoms with Gasteiger partial charge in [0.15, 0.2) is 0 Å². The molecule has 0 saturated carbocycles. The number of aryl methyl sites for hydroxylation is 2. The normalized spacial score (nSPS) is 13.9. The van der Waals surface area contributed by atoms with Crippen molar-refractivity contribution >= 4 is 0 Å². The van der Waals surface area contributed by atoms with Crippen LogP contribution in [0, 0.1) is 27.7 Å². The molecular formula is C20H26O2. The highest BCUT2D eigenvalue weighted by Crippen LogP contribution is 2.39. The molecule has 0 heterocycles. The maximum atomic E-state index is 9.62. The van der Waals surface area contributed by atoms with Crippen LogP contribution < -0.4 is 0 Å². The lowest BCUT2D eigenvalue weighted by Crippen LogP contribution is -2.16. The monoisotopic (exact) mass is 298 g/mol. The molecule has 1 N–H and O–H groups in total. The number of benzene rings is 2. The molecule has 118 valence electrons. The quantitative estimate of drug-likeness (QED) is 0.571. The Bertz CT molecular complexity index is 589. The van der Waals surface area contributed by atoms with Crippen molar-refractivity contribution in [1.82, 2.24) is 0 Å². The van der Waals surface area contributed by atoms with Crippen LogP contribution in [-0.2, 0) is 4.89 Å². The van der Waals surface area contributed by atoms with Gasteiger partial charge in [-0.05, 0) is 67.5 Å². The minimum atomic E-state index is -0.342. The van der Waals surface area contributed by atoms with E-state index in [9.17, 15) is 5.26 Å². The van der Waals surface area contributed by atoms with Crippen molar-refractivity contribution < 1.29 is 10.1 Å². The van der Waals surface area contributed by atoms with E-state index in [1.54, 1.807) is 0 Å². The Morgan fingerprint density at radius 1 is 0.864 bits per heavy atom. The van der Waals surface area contributed by atoms with Crippen molar-refractivity contribution in [1.29, 1.82) is 0 Å². The highest BCUT2D eigenvalue weighted by Gasteiger charge is 2.27. The molecule has 2 aromatic rings. The summed E-state index contributed by atoms with van der Waals surface area (Å²) in [6.07, 6.45) is 0.563. The minimum absolute atomic E-state index is 0.130. The van der Waals surface area contributed by atoms with E-state index in [4.69, 9.17) is 4.89 Å². The van der Waals surface area contributed by atoms with E-state index in [-0.39, 0.29) is 12.0 Å². The van der Waals surface area contributed by atoms with E-state index >= 15 is 0 Å². The molecule has 0 radical (unpaired) electrons. The maximum absolute atomic E-state index is 9.62. The fourth-order valence-corrected chi connectivity index (χ4v) is 3.20. The average molecular weight is 298 g/mol. The van der Waals surface area contributed by atoms with Gasteiger partial charge in [-0.1, -0.05) is 43.3 Å². The van der Waals surface area contributed by atoms with E-state index in [2.05, 4.69) is 65.0 Å². The van der Waals surface area contributed by atoms with E-state index in [1.165, 1.54) is 27.8 Å². The summed E-state index contributed by atoms with van der Waals surface area (Å²) in [5, 5.41) is 9.62. The molecule has 0 bridgehead atoms. The van der Waals surface area contributed by atoms with Gasteiger partial charge in [0.05, 0.1) is 0 Å². The van der Waals surface area contributed by atoms with E-state index in [0.717, 1.165) is 12.0 Å². The minimum Gasteiger partial charge on any atom is -0.251 e. The third-order valence-corrected chi connectivity index (χ3v) is 4.92. The third kappa shape index (κ3) is 3.08. The van der Waals surface area contributed by atoms with Gasteiger partial charge < -0.3 is 0 Å². The summed E-state index contributed by atoms with van der Waals surface area (Å²) < 4.78 is 0. The van der Waals surface area contributed by atoms with Crippen molar-refractivity contribution in [2.24, 2.45) is 0 Å². The van der Waals surface area contributed by atoms with Crippen LogP contribution in [0.2, 0.25) is 0 Å². The van der Waals surface area contributed by atoms with E-state index < -0.39 is 0 Å². The van der Waals surface area contributed by atoms with Crippen LogP contribution in [0.1, 0.15) is 58.7 Å². The predicted octanol–water partition coefficient (Wildman–Crippen LogP) is 5.64. The van der Waals surface area contributed by atoms with Crippen LogP contribution in [0.25, 0.3) is 0 Å². The Balaban J connectivity index is 2.52. The molecule has 2 rings (SSSR count). The predicted molar refractivity (Wildman–Crippen MR) is 91.3 cm³/mol. The lowest BCUT2D eigenvalue weighted by molar-refractivity contribution is -0.287. The first kappa shape index (κ1) is 16.7. The zero-order valence-electron chi connectivity index (χ0n) is 14.2. The smallest absolute Gasteiger partial charge is 0.125 e. The van der Waals surface area contributed by atoms with Gasteiger partial charge in [0.2, 0.25) is 0 Å². The lowest BCUT2D eigenvalue weighted by atomic mass is 9.82. The first-order valence-corrected chi connectivity index (χ1v) is 7.93. The number of hydrogen-bond acceptors (Lipinski definition) is 2. The van der Waals surface area contributed by atoms with Crippen LogP contribution >= 0.6 is 0 Å². The molecule has 22 heavy (non-hydrogen) atoms. The zero-order valence-corrected chi connectivity index (χ0v) is 14.2. The van der Waals surface area contributed by atoms with Gasteiger partial charge in [-0.3, -0.25) is 5.26 Å². The van der Waals surface area contributed by atoms with Crippen LogP contribution in [0.5, 0.6) is 0 Å². The van der Waals surface area contributed by atoms with Gasteiger partial charge in [-0.25, -0.2) is 4.89 Å². The summed E-state index contributed by atoms with van der Waals surface area (Å²) in [4.78, 5) is 4.97.